The summed E-state index contributed by atoms with van der Waals surface area (Å²) < 4.78 is 22.4. The summed E-state index contributed by atoms with van der Waals surface area (Å²) in [4.78, 5) is 26.1. The van der Waals surface area contributed by atoms with Crippen LogP contribution in [-0.2, 0) is 25.0 Å². The van der Waals surface area contributed by atoms with E-state index in [1.165, 1.54) is 18.5 Å². The van der Waals surface area contributed by atoms with Crippen LogP contribution >= 0.6 is 11.6 Å². The van der Waals surface area contributed by atoms with E-state index in [9.17, 15) is 9.18 Å². The Balaban J connectivity index is 1.47. The molecule has 0 saturated carbocycles. The molecule has 1 fully saturated rings. The van der Waals surface area contributed by atoms with E-state index in [0.29, 0.717) is 28.9 Å². The first-order valence-electron chi connectivity index (χ1n) is 12.4. The van der Waals surface area contributed by atoms with Crippen LogP contribution in [0, 0.1) is 12.7 Å². The monoisotopic (exact) mass is 536 g/mol. The zero-order valence-electron chi connectivity index (χ0n) is 22.1. The minimum atomic E-state index is -0.640. The van der Waals surface area contributed by atoms with E-state index in [2.05, 4.69) is 10.1 Å². The normalized spacial score (nSPS) is 15.9. The molecule has 198 valence electrons. The van der Waals surface area contributed by atoms with Gasteiger partial charge in [0.25, 0.3) is 0 Å². The molecule has 0 N–H and O–H groups in total. The van der Waals surface area contributed by atoms with Crippen molar-refractivity contribution in [1.29, 1.82) is 0 Å². The maximum absolute atomic E-state index is 14.4. The van der Waals surface area contributed by atoms with Crippen LogP contribution in [0.4, 0.5) is 4.39 Å². The standard InChI is InChI=1S/C28H30ClFN6O2/c1-17-11-21(26-31-16-32-35(26)5)20-7-6-8-24(25(20)33-17)38-15-22-18(12-19(30)13-23(22)29)14-36-10-9-34(4)28(2,3)27(36)37/h6-8,11-13,16H,9-10,14-15H2,1-5H3. The van der Waals surface area contributed by atoms with Crippen molar-refractivity contribution in [2.24, 2.45) is 7.05 Å². The highest BCUT2D eigenvalue weighted by Crippen LogP contribution is 2.34. The summed E-state index contributed by atoms with van der Waals surface area (Å²) in [5, 5.41) is 5.33. The molecule has 0 spiro atoms. The predicted molar refractivity (Wildman–Crippen MR) is 144 cm³/mol. The zero-order valence-corrected chi connectivity index (χ0v) is 22.9. The number of benzene rings is 2. The Labute approximate surface area is 226 Å². The first-order chi connectivity index (χ1) is 18.1. The van der Waals surface area contributed by atoms with Crippen LogP contribution in [0.25, 0.3) is 22.3 Å². The Bertz CT molecular complexity index is 1540. The summed E-state index contributed by atoms with van der Waals surface area (Å²) in [7, 11) is 3.78. The fraction of sp³-hybridized carbons (Fsp3) is 0.357. The molecule has 1 saturated heterocycles. The van der Waals surface area contributed by atoms with Crippen LogP contribution in [0.3, 0.4) is 0 Å². The molecule has 1 amide bonds. The van der Waals surface area contributed by atoms with Gasteiger partial charge in [0.05, 0.1) is 10.6 Å². The molecule has 2 aromatic heterocycles. The molecule has 1 aliphatic rings. The number of nitrogens with zero attached hydrogens (tertiary/aromatic N) is 6. The topological polar surface area (TPSA) is 76.4 Å². The van der Waals surface area contributed by atoms with Gasteiger partial charge >= 0.3 is 0 Å². The van der Waals surface area contributed by atoms with Gasteiger partial charge in [-0.3, -0.25) is 9.69 Å². The number of aryl methyl sites for hydroxylation is 2. The Kier molecular flexibility index (Phi) is 6.83. The number of ether oxygens (including phenoxy) is 1. The van der Waals surface area contributed by atoms with E-state index in [4.69, 9.17) is 21.3 Å². The minimum Gasteiger partial charge on any atom is -0.487 e. The number of carbonyl (C=O) groups excluding carboxylic acids is 1. The lowest BCUT2D eigenvalue weighted by Gasteiger charge is -2.44. The van der Waals surface area contributed by atoms with Crippen LogP contribution in [-0.4, -0.2) is 61.1 Å². The molecule has 0 unspecified atom stereocenters. The van der Waals surface area contributed by atoms with E-state index in [1.54, 1.807) is 9.58 Å². The second-order valence-electron chi connectivity index (χ2n) is 10.2. The van der Waals surface area contributed by atoms with Gasteiger partial charge in [-0.2, -0.15) is 5.10 Å². The lowest BCUT2D eigenvalue weighted by molar-refractivity contribution is -0.148. The fourth-order valence-corrected chi connectivity index (χ4v) is 5.14. The Morgan fingerprint density at radius 2 is 1.95 bits per heavy atom. The van der Waals surface area contributed by atoms with Crippen LogP contribution in [0.5, 0.6) is 5.75 Å². The zero-order chi connectivity index (χ0) is 27.2. The molecule has 10 heteroatoms. The molecular formula is C28H30ClFN6O2. The second-order valence-corrected chi connectivity index (χ2v) is 10.6. The summed E-state index contributed by atoms with van der Waals surface area (Å²) in [6.45, 7) is 7.32. The molecule has 0 radical (unpaired) electrons. The number of piperazine rings is 1. The van der Waals surface area contributed by atoms with Crippen molar-refractivity contribution in [1.82, 2.24) is 29.5 Å². The number of halogens is 2. The van der Waals surface area contributed by atoms with Gasteiger partial charge in [-0.25, -0.2) is 19.0 Å². The third-order valence-corrected chi connectivity index (χ3v) is 7.68. The molecule has 2 aromatic carbocycles. The number of rotatable bonds is 6. The van der Waals surface area contributed by atoms with Gasteiger partial charge in [-0.15, -0.1) is 0 Å². The molecule has 8 nitrogen and oxygen atoms in total. The average Bonchev–Trinajstić information content (AvgIpc) is 3.29. The number of hydrogen-bond donors (Lipinski definition) is 0. The molecular weight excluding hydrogens is 507 g/mol. The van der Waals surface area contributed by atoms with Gasteiger partial charge in [0.15, 0.2) is 5.82 Å². The summed E-state index contributed by atoms with van der Waals surface area (Å²) >= 11 is 6.52. The number of likely N-dealkylation sites (N-methyl/N-ethyl adjacent to an activating group) is 1. The van der Waals surface area contributed by atoms with Crippen LogP contribution in [0.2, 0.25) is 5.02 Å². The molecule has 4 aromatic rings. The molecule has 1 aliphatic heterocycles. The number of fused-ring (bicyclic) bond motifs is 1. The summed E-state index contributed by atoms with van der Waals surface area (Å²) in [6, 6.07) is 10.4. The van der Waals surface area contributed by atoms with Crippen molar-refractivity contribution in [2.45, 2.75) is 39.5 Å². The largest absolute Gasteiger partial charge is 0.487 e. The van der Waals surface area contributed by atoms with Crippen LogP contribution in [0.15, 0.2) is 42.7 Å². The van der Waals surface area contributed by atoms with E-state index in [0.717, 1.165) is 29.0 Å². The van der Waals surface area contributed by atoms with Crippen LogP contribution < -0.4 is 4.74 Å². The predicted octanol–water partition coefficient (Wildman–Crippen LogP) is 4.76. The molecule has 0 aliphatic carbocycles. The van der Waals surface area contributed by atoms with Gasteiger partial charge < -0.3 is 9.64 Å². The average molecular weight is 537 g/mol. The SMILES string of the molecule is Cc1cc(-c2ncnn2C)c2cccc(OCc3c(Cl)cc(F)cc3CN3CCN(C)C(C)(C)C3=O)c2n1. The third kappa shape index (κ3) is 4.72. The molecule has 0 atom stereocenters. The highest BCUT2D eigenvalue weighted by atomic mass is 35.5. The van der Waals surface area contributed by atoms with Crippen molar-refractivity contribution < 1.29 is 13.9 Å². The van der Waals surface area contributed by atoms with E-state index < -0.39 is 11.4 Å². The van der Waals surface area contributed by atoms with Gasteiger partial charge in [0, 0.05) is 48.9 Å². The van der Waals surface area contributed by atoms with Gasteiger partial charge in [0.1, 0.15) is 30.0 Å². The minimum absolute atomic E-state index is 0.0106. The Morgan fingerprint density at radius 1 is 1.16 bits per heavy atom. The highest BCUT2D eigenvalue weighted by molar-refractivity contribution is 6.31. The first-order valence-corrected chi connectivity index (χ1v) is 12.8. The van der Waals surface area contributed by atoms with Crippen LogP contribution in [0.1, 0.15) is 30.7 Å². The molecule has 5 rings (SSSR count). The quantitative estimate of drug-likeness (QED) is 0.353. The number of carbonyl (C=O) groups is 1. The first kappa shape index (κ1) is 26.1. The van der Waals surface area contributed by atoms with Crippen molar-refractivity contribution in [2.75, 3.05) is 20.1 Å². The second kappa shape index (κ2) is 9.96. The summed E-state index contributed by atoms with van der Waals surface area (Å²) in [6.07, 6.45) is 1.52. The van der Waals surface area contributed by atoms with Gasteiger partial charge in [0.2, 0.25) is 5.91 Å². The molecule has 38 heavy (non-hydrogen) atoms. The van der Waals surface area contributed by atoms with E-state index >= 15 is 0 Å². The maximum atomic E-state index is 14.4. The van der Waals surface area contributed by atoms with E-state index in [-0.39, 0.29) is 24.1 Å². The summed E-state index contributed by atoms with van der Waals surface area (Å²) in [5.74, 6) is 0.827. The van der Waals surface area contributed by atoms with Crippen molar-refractivity contribution in [3.63, 3.8) is 0 Å². The van der Waals surface area contributed by atoms with Crippen molar-refractivity contribution >= 4 is 28.4 Å². The molecule has 0 bridgehead atoms. The summed E-state index contributed by atoms with van der Waals surface area (Å²) in [5.41, 5.74) is 3.00. The maximum Gasteiger partial charge on any atom is 0.242 e. The van der Waals surface area contributed by atoms with Gasteiger partial charge in [-0.1, -0.05) is 23.7 Å². The fourth-order valence-electron chi connectivity index (χ4n) is 4.86. The number of para-hydroxylation sites is 1. The number of aromatic nitrogens is 4. The lowest BCUT2D eigenvalue weighted by atomic mass is 9.97. The number of pyridine rings is 1. The van der Waals surface area contributed by atoms with Gasteiger partial charge in [-0.05, 0) is 57.6 Å². The smallest absolute Gasteiger partial charge is 0.242 e. The highest BCUT2D eigenvalue weighted by Gasteiger charge is 2.39. The molecule has 3 heterocycles. The Morgan fingerprint density at radius 3 is 2.68 bits per heavy atom. The van der Waals surface area contributed by atoms with Crippen molar-refractivity contribution in [3.8, 4) is 17.1 Å². The van der Waals surface area contributed by atoms with E-state index in [1.807, 2.05) is 64.0 Å². The number of hydrogen-bond acceptors (Lipinski definition) is 6. The van der Waals surface area contributed by atoms with Crippen molar-refractivity contribution in [3.05, 3.63) is 70.4 Å². The third-order valence-electron chi connectivity index (χ3n) is 7.34. The Hall–Kier alpha value is -3.56. The number of amides is 1. The lowest BCUT2D eigenvalue weighted by Crippen LogP contribution is -2.61.